The Morgan fingerprint density at radius 2 is 2.25 bits per heavy atom. The Kier molecular flexibility index (Phi) is 3.34. The van der Waals surface area contributed by atoms with E-state index in [-0.39, 0.29) is 0 Å². The van der Waals surface area contributed by atoms with Crippen molar-refractivity contribution in [1.29, 1.82) is 0 Å². The summed E-state index contributed by atoms with van der Waals surface area (Å²) in [7, 11) is 0. The van der Waals surface area contributed by atoms with Crippen LogP contribution in [0.2, 0.25) is 0 Å². The molecule has 1 saturated heterocycles. The molecule has 0 spiro atoms. The lowest BCUT2D eigenvalue weighted by atomic mass is 10.2. The molecule has 24 heavy (non-hydrogen) atoms. The Balaban J connectivity index is 1.54. The SMILES string of the molecule is O=C(Nc1ccc2nc(-c3ccco3)[nH]c2c1)C1CC(F)(F)CN1. The smallest absolute Gasteiger partial charge is 0.262 e. The van der Waals surface area contributed by atoms with Crippen molar-refractivity contribution in [2.45, 2.75) is 18.4 Å². The van der Waals surface area contributed by atoms with Crippen LogP contribution in [0.25, 0.3) is 22.6 Å². The number of hydrogen-bond donors (Lipinski definition) is 3. The van der Waals surface area contributed by atoms with Crippen molar-refractivity contribution in [3.63, 3.8) is 0 Å². The van der Waals surface area contributed by atoms with Gasteiger partial charge in [-0.25, -0.2) is 13.8 Å². The van der Waals surface area contributed by atoms with E-state index < -0.39 is 30.8 Å². The molecule has 1 aliphatic rings. The second-order valence-corrected chi connectivity index (χ2v) is 5.78. The zero-order valence-corrected chi connectivity index (χ0v) is 12.5. The first kappa shape index (κ1) is 14.8. The summed E-state index contributed by atoms with van der Waals surface area (Å²) in [4.78, 5) is 19.6. The van der Waals surface area contributed by atoms with Crippen LogP contribution in [0.4, 0.5) is 14.5 Å². The number of rotatable bonds is 3. The molecule has 0 aliphatic carbocycles. The number of carbonyl (C=O) groups excluding carboxylic acids is 1. The molecular formula is C16H14F2N4O2. The summed E-state index contributed by atoms with van der Waals surface area (Å²) in [6.07, 6.45) is 1.06. The Labute approximate surface area is 135 Å². The molecule has 1 atom stereocenters. The van der Waals surface area contributed by atoms with Crippen LogP contribution in [0.15, 0.2) is 41.0 Å². The summed E-state index contributed by atoms with van der Waals surface area (Å²) >= 11 is 0. The number of fused-ring (bicyclic) bond motifs is 1. The Bertz CT molecular complexity index is 889. The Morgan fingerprint density at radius 3 is 2.96 bits per heavy atom. The van der Waals surface area contributed by atoms with Crippen molar-refractivity contribution in [2.24, 2.45) is 0 Å². The van der Waals surface area contributed by atoms with Gasteiger partial charge < -0.3 is 14.7 Å². The summed E-state index contributed by atoms with van der Waals surface area (Å²) < 4.78 is 31.6. The monoisotopic (exact) mass is 332 g/mol. The molecule has 4 rings (SSSR count). The summed E-state index contributed by atoms with van der Waals surface area (Å²) in [6, 6.07) is 7.78. The van der Waals surface area contributed by atoms with E-state index in [1.165, 1.54) is 0 Å². The number of hydrogen-bond acceptors (Lipinski definition) is 4. The summed E-state index contributed by atoms with van der Waals surface area (Å²) in [5.74, 6) is -2.13. The quantitative estimate of drug-likeness (QED) is 0.689. The Hall–Kier alpha value is -2.74. The molecular weight excluding hydrogens is 318 g/mol. The molecule has 3 aromatic rings. The van der Waals surface area contributed by atoms with E-state index in [4.69, 9.17) is 4.42 Å². The van der Waals surface area contributed by atoms with Crippen LogP contribution in [-0.4, -0.2) is 34.4 Å². The average molecular weight is 332 g/mol. The number of aromatic nitrogens is 2. The minimum atomic E-state index is -2.84. The number of imidazole rings is 1. The van der Waals surface area contributed by atoms with Crippen molar-refractivity contribution in [1.82, 2.24) is 15.3 Å². The molecule has 1 aliphatic heterocycles. The van der Waals surface area contributed by atoms with Crippen LogP contribution in [0.3, 0.4) is 0 Å². The highest BCUT2D eigenvalue weighted by Crippen LogP contribution is 2.27. The van der Waals surface area contributed by atoms with Gasteiger partial charge in [0.15, 0.2) is 11.6 Å². The first-order valence-corrected chi connectivity index (χ1v) is 7.46. The molecule has 1 unspecified atom stereocenters. The van der Waals surface area contributed by atoms with Gasteiger partial charge in [-0.15, -0.1) is 0 Å². The van der Waals surface area contributed by atoms with Crippen molar-refractivity contribution in [3.8, 4) is 11.6 Å². The normalized spacial score (nSPS) is 19.7. The number of aromatic amines is 1. The average Bonchev–Trinajstić information content (AvgIpc) is 3.24. The maximum Gasteiger partial charge on any atom is 0.262 e. The highest BCUT2D eigenvalue weighted by molar-refractivity contribution is 5.96. The topological polar surface area (TPSA) is 83.0 Å². The van der Waals surface area contributed by atoms with E-state index in [0.717, 1.165) is 0 Å². The second kappa shape index (κ2) is 5.41. The van der Waals surface area contributed by atoms with Crippen molar-refractivity contribution in [3.05, 3.63) is 36.6 Å². The molecule has 3 heterocycles. The van der Waals surface area contributed by atoms with Crippen LogP contribution in [0.5, 0.6) is 0 Å². The fourth-order valence-electron chi connectivity index (χ4n) is 2.75. The van der Waals surface area contributed by atoms with E-state index in [1.54, 1.807) is 36.6 Å². The molecule has 0 bridgehead atoms. The number of alkyl halides is 2. The van der Waals surface area contributed by atoms with Gasteiger partial charge in [0.1, 0.15) is 0 Å². The number of carbonyl (C=O) groups is 1. The second-order valence-electron chi connectivity index (χ2n) is 5.78. The number of furan rings is 1. The summed E-state index contributed by atoms with van der Waals surface area (Å²) in [6.45, 7) is -0.475. The fourth-order valence-corrected chi connectivity index (χ4v) is 2.75. The molecule has 1 aromatic carbocycles. The molecule has 124 valence electrons. The minimum Gasteiger partial charge on any atom is -0.461 e. The van der Waals surface area contributed by atoms with Crippen molar-refractivity contribution >= 4 is 22.6 Å². The van der Waals surface area contributed by atoms with Gasteiger partial charge in [-0.1, -0.05) is 0 Å². The van der Waals surface area contributed by atoms with E-state index in [0.29, 0.717) is 28.3 Å². The zero-order valence-electron chi connectivity index (χ0n) is 12.5. The number of amides is 1. The first-order chi connectivity index (χ1) is 11.5. The van der Waals surface area contributed by atoms with Gasteiger partial charge >= 0.3 is 0 Å². The fraction of sp³-hybridized carbons (Fsp3) is 0.250. The number of H-pyrrole nitrogens is 1. The van der Waals surface area contributed by atoms with Crippen LogP contribution in [0, 0.1) is 0 Å². The lowest BCUT2D eigenvalue weighted by Crippen LogP contribution is -2.35. The van der Waals surface area contributed by atoms with Gasteiger partial charge in [-0.05, 0) is 30.3 Å². The molecule has 1 fully saturated rings. The van der Waals surface area contributed by atoms with Gasteiger partial charge in [0, 0.05) is 12.1 Å². The number of anilines is 1. The minimum absolute atomic E-state index is 0.475. The van der Waals surface area contributed by atoms with E-state index >= 15 is 0 Å². The van der Waals surface area contributed by atoms with Gasteiger partial charge in [0.25, 0.3) is 5.92 Å². The van der Waals surface area contributed by atoms with E-state index in [9.17, 15) is 13.6 Å². The summed E-state index contributed by atoms with van der Waals surface area (Å²) in [5.41, 5.74) is 1.94. The van der Waals surface area contributed by atoms with Crippen LogP contribution in [0.1, 0.15) is 6.42 Å². The van der Waals surface area contributed by atoms with Crippen molar-refractivity contribution < 1.29 is 18.0 Å². The molecule has 8 heteroatoms. The third-order valence-corrected chi connectivity index (χ3v) is 3.93. The first-order valence-electron chi connectivity index (χ1n) is 7.46. The highest BCUT2D eigenvalue weighted by Gasteiger charge is 2.42. The number of benzene rings is 1. The molecule has 6 nitrogen and oxygen atoms in total. The number of halogens is 2. The van der Waals surface area contributed by atoms with Crippen LogP contribution >= 0.6 is 0 Å². The highest BCUT2D eigenvalue weighted by atomic mass is 19.3. The molecule has 2 aromatic heterocycles. The molecule has 0 radical (unpaired) electrons. The number of nitrogens with one attached hydrogen (secondary N) is 3. The maximum absolute atomic E-state index is 13.2. The summed E-state index contributed by atoms with van der Waals surface area (Å²) in [5, 5.41) is 5.18. The van der Waals surface area contributed by atoms with Crippen LogP contribution < -0.4 is 10.6 Å². The molecule has 0 saturated carbocycles. The number of nitrogens with zero attached hydrogens (tertiary/aromatic N) is 1. The van der Waals surface area contributed by atoms with Gasteiger partial charge in [0.2, 0.25) is 5.91 Å². The van der Waals surface area contributed by atoms with E-state index in [2.05, 4.69) is 20.6 Å². The van der Waals surface area contributed by atoms with Crippen molar-refractivity contribution in [2.75, 3.05) is 11.9 Å². The lowest BCUT2D eigenvalue weighted by molar-refractivity contribution is -0.118. The predicted octanol–water partition coefficient (Wildman–Crippen LogP) is 2.76. The largest absolute Gasteiger partial charge is 0.461 e. The standard InChI is InChI=1S/C16H14F2N4O2/c17-16(18)7-12(19-8-16)15(23)20-9-3-4-10-11(6-9)22-14(21-10)13-2-1-5-24-13/h1-6,12,19H,7-8H2,(H,20,23)(H,21,22). The zero-order chi connectivity index (χ0) is 16.7. The Morgan fingerprint density at radius 1 is 1.38 bits per heavy atom. The van der Waals surface area contributed by atoms with Gasteiger partial charge in [0.05, 0.1) is 29.9 Å². The maximum atomic E-state index is 13.2. The third kappa shape index (κ3) is 2.76. The molecule has 1 amide bonds. The predicted molar refractivity (Wildman–Crippen MR) is 83.8 cm³/mol. The third-order valence-electron chi connectivity index (χ3n) is 3.93. The molecule has 3 N–H and O–H groups in total. The van der Waals surface area contributed by atoms with Gasteiger partial charge in [-0.2, -0.15) is 0 Å². The van der Waals surface area contributed by atoms with Gasteiger partial charge in [-0.3, -0.25) is 10.1 Å². The lowest BCUT2D eigenvalue weighted by Gasteiger charge is -2.11. The van der Waals surface area contributed by atoms with E-state index in [1.807, 2.05) is 0 Å². The van der Waals surface area contributed by atoms with Crippen LogP contribution in [-0.2, 0) is 4.79 Å².